The summed E-state index contributed by atoms with van der Waals surface area (Å²) in [5, 5.41) is 11.6. The van der Waals surface area contributed by atoms with Gasteiger partial charge < -0.3 is 38.3 Å². The van der Waals surface area contributed by atoms with Gasteiger partial charge in [-0.2, -0.15) is 0 Å². The van der Waals surface area contributed by atoms with Crippen LogP contribution in [0, 0.1) is 5.92 Å². The van der Waals surface area contributed by atoms with E-state index in [-0.39, 0.29) is 32.2 Å². The van der Waals surface area contributed by atoms with Gasteiger partial charge in [0.1, 0.15) is 17.5 Å². The van der Waals surface area contributed by atoms with Gasteiger partial charge in [-0.3, -0.25) is 0 Å². The Hall–Kier alpha value is -2.68. The van der Waals surface area contributed by atoms with Crippen LogP contribution in [0.3, 0.4) is 0 Å². The van der Waals surface area contributed by atoms with Crippen LogP contribution >= 0.6 is 0 Å². The number of benzene rings is 2. The highest BCUT2D eigenvalue weighted by atomic mass is 16.7. The van der Waals surface area contributed by atoms with E-state index in [0.29, 0.717) is 35.4 Å². The fourth-order valence-electron chi connectivity index (χ4n) is 4.66. The van der Waals surface area contributed by atoms with Gasteiger partial charge in [-0.15, -0.1) is 0 Å². The van der Waals surface area contributed by atoms with Crippen molar-refractivity contribution in [3.05, 3.63) is 41.5 Å². The van der Waals surface area contributed by atoms with Crippen LogP contribution in [-0.2, 0) is 9.47 Å². The molecule has 0 saturated carbocycles. The van der Waals surface area contributed by atoms with E-state index in [4.69, 9.17) is 33.2 Å². The van der Waals surface area contributed by atoms with Crippen LogP contribution in [0.1, 0.15) is 23.3 Å². The number of methoxy groups -OCH3 is 1. The molecule has 0 spiro atoms. The molecule has 0 unspecified atom stereocenters. The normalized spacial score (nSPS) is 31.2. The van der Waals surface area contributed by atoms with E-state index in [1.165, 1.54) is 0 Å². The van der Waals surface area contributed by atoms with Gasteiger partial charge in [0.15, 0.2) is 23.0 Å². The number of rotatable bonds is 3. The second kappa shape index (κ2) is 6.16. The maximum Gasteiger partial charge on any atom is 0.231 e. The smallest absolute Gasteiger partial charge is 0.231 e. The third-order valence-electron chi connectivity index (χ3n) is 6.13. The molecule has 2 saturated heterocycles. The van der Waals surface area contributed by atoms with Gasteiger partial charge in [0, 0.05) is 17.5 Å². The Morgan fingerprint density at radius 3 is 2.45 bits per heavy atom. The molecule has 2 aromatic carbocycles. The zero-order valence-electron chi connectivity index (χ0n) is 15.8. The Bertz CT molecular complexity index is 975. The molecular weight excluding hydrogens is 380 g/mol. The highest BCUT2D eigenvalue weighted by Crippen LogP contribution is 2.56. The van der Waals surface area contributed by atoms with Crippen molar-refractivity contribution in [2.45, 2.75) is 17.8 Å². The summed E-state index contributed by atoms with van der Waals surface area (Å²) in [6, 6.07) is 9.26. The Morgan fingerprint density at radius 1 is 0.931 bits per heavy atom. The molecule has 0 amide bonds. The molecule has 4 aliphatic rings. The van der Waals surface area contributed by atoms with Gasteiger partial charge in [0.05, 0.1) is 26.4 Å². The first kappa shape index (κ1) is 17.2. The molecule has 4 heterocycles. The number of hydrogen-bond donors (Lipinski definition) is 1. The Labute approximate surface area is 166 Å². The van der Waals surface area contributed by atoms with Crippen molar-refractivity contribution in [1.29, 1.82) is 0 Å². The molecule has 0 aromatic heterocycles. The second-order valence-electron chi connectivity index (χ2n) is 7.60. The molecule has 8 nitrogen and oxygen atoms in total. The van der Waals surface area contributed by atoms with Crippen molar-refractivity contribution in [2.24, 2.45) is 5.92 Å². The lowest BCUT2D eigenvalue weighted by atomic mass is 9.80. The van der Waals surface area contributed by atoms with Gasteiger partial charge in [-0.25, -0.2) is 0 Å². The van der Waals surface area contributed by atoms with E-state index in [1.807, 2.05) is 24.3 Å². The lowest BCUT2D eigenvalue weighted by molar-refractivity contribution is -0.0629. The zero-order valence-corrected chi connectivity index (χ0v) is 15.8. The quantitative estimate of drug-likeness (QED) is 0.841. The molecule has 0 radical (unpaired) electrons. The summed E-state index contributed by atoms with van der Waals surface area (Å²) in [6.07, 6.45) is -0.907. The Kier molecular flexibility index (Phi) is 3.65. The molecule has 0 bridgehead atoms. The predicted octanol–water partition coefficient (Wildman–Crippen LogP) is 2.34. The molecular formula is C21H20O8. The summed E-state index contributed by atoms with van der Waals surface area (Å²) >= 11 is 0. The topological polar surface area (TPSA) is 84.8 Å². The minimum atomic E-state index is -1.17. The monoisotopic (exact) mass is 400 g/mol. The zero-order chi connectivity index (χ0) is 19.6. The highest BCUT2D eigenvalue weighted by molar-refractivity contribution is 5.53. The maximum atomic E-state index is 11.6. The average Bonchev–Trinajstić information content (AvgIpc) is 3.49. The summed E-state index contributed by atoms with van der Waals surface area (Å²) in [5.74, 6) is 3.01. The molecule has 1 N–H and O–H groups in total. The van der Waals surface area contributed by atoms with Crippen LogP contribution in [0.5, 0.6) is 28.7 Å². The van der Waals surface area contributed by atoms with Gasteiger partial charge in [-0.1, -0.05) is 6.07 Å². The van der Waals surface area contributed by atoms with E-state index in [2.05, 4.69) is 0 Å². The van der Waals surface area contributed by atoms with E-state index in [0.717, 1.165) is 11.1 Å². The van der Waals surface area contributed by atoms with E-state index >= 15 is 0 Å². The van der Waals surface area contributed by atoms with Gasteiger partial charge in [0.25, 0.3) is 0 Å². The van der Waals surface area contributed by atoms with Crippen molar-refractivity contribution in [3.8, 4) is 28.7 Å². The summed E-state index contributed by atoms with van der Waals surface area (Å²) in [6.45, 7) is 0.888. The molecule has 2 aromatic rings. The third kappa shape index (κ3) is 2.43. The number of hydrogen-bond acceptors (Lipinski definition) is 8. The van der Waals surface area contributed by atoms with Crippen molar-refractivity contribution in [1.82, 2.24) is 0 Å². The lowest BCUT2D eigenvalue weighted by Crippen LogP contribution is -2.39. The first-order valence-electron chi connectivity index (χ1n) is 9.50. The molecule has 6 rings (SSSR count). The minimum Gasteiger partial charge on any atom is -0.496 e. The van der Waals surface area contributed by atoms with Crippen molar-refractivity contribution in [2.75, 3.05) is 33.9 Å². The number of fused-ring (bicyclic) bond motifs is 3. The summed E-state index contributed by atoms with van der Waals surface area (Å²) in [7, 11) is 1.60. The first-order chi connectivity index (χ1) is 14.2. The van der Waals surface area contributed by atoms with Crippen LogP contribution in [0.25, 0.3) is 0 Å². The summed E-state index contributed by atoms with van der Waals surface area (Å²) < 4.78 is 39.5. The number of ether oxygens (including phenoxy) is 7. The lowest BCUT2D eigenvalue weighted by Gasteiger charge is -2.27. The maximum absolute atomic E-state index is 11.6. The molecule has 4 aliphatic heterocycles. The van der Waals surface area contributed by atoms with Crippen LogP contribution in [-0.4, -0.2) is 44.6 Å². The average molecular weight is 400 g/mol. The van der Waals surface area contributed by atoms with Crippen molar-refractivity contribution < 1.29 is 38.3 Å². The van der Waals surface area contributed by atoms with Crippen LogP contribution in [0.15, 0.2) is 30.3 Å². The van der Waals surface area contributed by atoms with Gasteiger partial charge >= 0.3 is 0 Å². The first-order valence-corrected chi connectivity index (χ1v) is 9.50. The Balaban J connectivity index is 1.34. The third-order valence-corrected chi connectivity index (χ3v) is 6.13. The largest absolute Gasteiger partial charge is 0.496 e. The second-order valence-corrected chi connectivity index (χ2v) is 7.60. The van der Waals surface area contributed by atoms with Crippen molar-refractivity contribution >= 4 is 0 Å². The highest BCUT2D eigenvalue weighted by Gasteiger charge is 2.59. The molecule has 2 fully saturated rings. The van der Waals surface area contributed by atoms with E-state index in [9.17, 15) is 5.11 Å². The van der Waals surface area contributed by atoms with Crippen LogP contribution < -0.4 is 23.7 Å². The summed E-state index contributed by atoms with van der Waals surface area (Å²) in [4.78, 5) is 0. The molecule has 4 atom stereocenters. The van der Waals surface area contributed by atoms with Gasteiger partial charge in [0.2, 0.25) is 13.6 Å². The van der Waals surface area contributed by atoms with Gasteiger partial charge in [-0.05, 0) is 23.8 Å². The fraction of sp³-hybridized carbons (Fsp3) is 0.429. The SMILES string of the molecule is COc1cc2c(cc1[C@H]1OC[C@@]3(O)[C@@H]1CO[C@H]3c1ccc3c(c1)OCO3)OCO2. The molecule has 0 aliphatic carbocycles. The van der Waals surface area contributed by atoms with Crippen LogP contribution in [0.4, 0.5) is 0 Å². The summed E-state index contributed by atoms with van der Waals surface area (Å²) in [5.41, 5.74) is 0.480. The molecule has 152 valence electrons. The Morgan fingerprint density at radius 2 is 1.66 bits per heavy atom. The molecule has 29 heavy (non-hydrogen) atoms. The fourth-order valence-corrected chi connectivity index (χ4v) is 4.66. The standard InChI is InChI=1S/C21H20O8/c1-23-15-6-18-17(28-10-29-18)5-12(15)19-13-7-24-20(21(13,22)8-25-19)11-2-3-14-16(4-11)27-9-26-14/h2-6,13,19-20,22H,7-10H2,1H3/t13-,19-,20+,21-/m1/s1. The molecule has 8 heteroatoms. The predicted molar refractivity (Wildman–Crippen MR) is 97.5 cm³/mol. The number of aliphatic hydroxyl groups is 1. The minimum absolute atomic E-state index is 0.152. The van der Waals surface area contributed by atoms with Crippen molar-refractivity contribution in [3.63, 3.8) is 0 Å². The van der Waals surface area contributed by atoms with Crippen LogP contribution in [0.2, 0.25) is 0 Å². The van der Waals surface area contributed by atoms with E-state index < -0.39 is 11.7 Å². The van der Waals surface area contributed by atoms with E-state index in [1.54, 1.807) is 13.2 Å².